The second kappa shape index (κ2) is 6.22. The Morgan fingerprint density at radius 1 is 0.944 bits per heavy atom. The number of benzene rings is 2. The molecule has 0 aromatic heterocycles. The third kappa shape index (κ3) is 3.11. The first-order chi connectivity index (χ1) is 8.83. The lowest BCUT2D eigenvalue weighted by Gasteiger charge is -2.10. The second-order valence-electron chi connectivity index (χ2n) is 4.22. The van der Waals surface area contributed by atoms with Crippen LogP contribution >= 0.6 is 0 Å². The Labute approximate surface area is 108 Å². The Morgan fingerprint density at radius 2 is 1.61 bits per heavy atom. The van der Waals surface area contributed by atoms with Crippen LogP contribution in [0.5, 0.6) is 5.75 Å². The predicted molar refractivity (Wildman–Crippen MR) is 72.5 cm³/mol. The number of hydrogen-bond donors (Lipinski definition) is 1. The number of rotatable bonds is 5. The van der Waals surface area contributed by atoms with Crippen LogP contribution in [0.4, 0.5) is 0 Å². The van der Waals surface area contributed by atoms with E-state index in [9.17, 15) is 0 Å². The molecule has 0 saturated carbocycles. The maximum absolute atomic E-state index is 8.97. The zero-order valence-corrected chi connectivity index (χ0v) is 10.6. The molecular formula is C16H18O2. The summed E-state index contributed by atoms with van der Waals surface area (Å²) in [5, 5.41) is 8.97. The molecule has 2 aromatic rings. The first kappa shape index (κ1) is 12.7. The Balaban J connectivity index is 2.02. The van der Waals surface area contributed by atoms with E-state index in [-0.39, 0.29) is 6.61 Å². The highest BCUT2D eigenvalue weighted by atomic mass is 16.5. The van der Waals surface area contributed by atoms with E-state index in [0.29, 0.717) is 6.61 Å². The maximum Gasteiger partial charge on any atom is 0.122 e. The SMILES string of the molecule is CCc1ccccc1OCc1ccc(CO)cc1. The maximum atomic E-state index is 8.97. The lowest BCUT2D eigenvalue weighted by molar-refractivity contribution is 0.281. The zero-order valence-electron chi connectivity index (χ0n) is 10.6. The molecule has 2 rings (SSSR count). The van der Waals surface area contributed by atoms with Gasteiger partial charge < -0.3 is 9.84 Å². The van der Waals surface area contributed by atoms with Crippen LogP contribution in [0.3, 0.4) is 0 Å². The molecule has 0 aliphatic heterocycles. The summed E-state index contributed by atoms with van der Waals surface area (Å²) in [4.78, 5) is 0. The van der Waals surface area contributed by atoms with Crippen molar-refractivity contribution in [1.29, 1.82) is 0 Å². The minimum atomic E-state index is 0.0831. The van der Waals surface area contributed by atoms with Crippen LogP contribution in [-0.4, -0.2) is 5.11 Å². The van der Waals surface area contributed by atoms with E-state index >= 15 is 0 Å². The topological polar surface area (TPSA) is 29.5 Å². The summed E-state index contributed by atoms with van der Waals surface area (Å²) >= 11 is 0. The van der Waals surface area contributed by atoms with Gasteiger partial charge in [-0.1, -0.05) is 49.4 Å². The van der Waals surface area contributed by atoms with Crippen molar-refractivity contribution >= 4 is 0 Å². The van der Waals surface area contributed by atoms with Gasteiger partial charge in [-0.15, -0.1) is 0 Å². The molecule has 2 aromatic carbocycles. The molecule has 0 fully saturated rings. The lowest BCUT2D eigenvalue weighted by atomic mass is 10.1. The fraction of sp³-hybridized carbons (Fsp3) is 0.250. The molecule has 18 heavy (non-hydrogen) atoms. The first-order valence-electron chi connectivity index (χ1n) is 6.23. The van der Waals surface area contributed by atoms with Gasteiger partial charge in [0.15, 0.2) is 0 Å². The molecule has 0 atom stereocenters. The van der Waals surface area contributed by atoms with E-state index in [0.717, 1.165) is 23.3 Å². The Kier molecular flexibility index (Phi) is 4.37. The Hall–Kier alpha value is -1.80. The fourth-order valence-corrected chi connectivity index (χ4v) is 1.84. The van der Waals surface area contributed by atoms with Gasteiger partial charge in [-0.2, -0.15) is 0 Å². The molecule has 0 spiro atoms. The third-order valence-electron chi connectivity index (χ3n) is 2.95. The normalized spacial score (nSPS) is 10.3. The molecule has 0 heterocycles. The van der Waals surface area contributed by atoms with Crippen molar-refractivity contribution in [2.45, 2.75) is 26.6 Å². The average Bonchev–Trinajstić information content (AvgIpc) is 2.46. The van der Waals surface area contributed by atoms with Gasteiger partial charge in [0.1, 0.15) is 12.4 Å². The van der Waals surface area contributed by atoms with Crippen molar-refractivity contribution in [3.63, 3.8) is 0 Å². The molecule has 0 bridgehead atoms. The van der Waals surface area contributed by atoms with Crippen molar-refractivity contribution in [2.24, 2.45) is 0 Å². The number of aryl methyl sites for hydroxylation is 1. The van der Waals surface area contributed by atoms with E-state index in [1.807, 2.05) is 42.5 Å². The summed E-state index contributed by atoms with van der Waals surface area (Å²) in [7, 11) is 0. The smallest absolute Gasteiger partial charge is 0.122 e. The van der Waals surface area contributed by atoms with Crippen LogP contribution in [-0.2, 0) is 19.6 Å². The summed E-state index contributed by atoms with van der Waals surface area (Å²) in [5.41, 5.74) is 3.26. The van der Waals surface area contributed by atoms with Crippen LogP contribution < -0.4 is 4.74 Å². The lowest BCUT2D eigenvalue weighted by Crippen LogP contribution is -1.98. The average molecular weight is 242 g/mol. The molecule has 2 heteroatoms. The van der Waals surface area contributed by atoms with Gasteiger partial charge in [0.25, 0.3) is 0 Å². The minimum absolute atomic E-state index is 0.0831. The molecule has 0 aliphatic rings. The van der Waals surface area contributed by atoms with Crippen molar-refractivity contribution in [2.75, 3.05) is 0 Å². The molecule has 0 aliphatic carbocycles. The van der Waals surface area contributed by atoms with Crippen LogP contribution in [0.2, 0.25) is 0 Å². The van der Waals surface area contributed by atoms with E-state index in [2.05, 4.69) is 13.0 Å². The van der Waals surface area contributed by atoms with E-state index in [1.165, 1.54) is 5.56 Å². The highest BCUT2D eigenvalue weighted by Crippen LogP contribution is 2.19. The zero-order chi connectivity index (χ0) is 12.8. The minimum Gasteiger partial charge on any atom is -0.489 e. The van der Waals surface area contributed by atoms with E-state index in [4.69, 9.17) is 9.84 Å². The van der Waals surface area contributed by atoms with Crippen LogP contribution in [0, 0.1) is 0 Å². The van der Waals surface area contributed by atoms with Gasteiger partial charge >= 0.3 is 0 Å². The summed E-state index contributed by atoms with van der Waals surface area (Å²) in [5.74, 6) is 0.950. The molecule has 0 amide bonds. The largest absolute Gasteiger partial charge is 0.489 e. The van der Waals surface area contributed by atoms with Gasteiger partial charge in [-0.25, -0.2) is 0 Å². The first-order valence-corrected chi connectivity index (χ1v) is 6.23. The molecule has 1 N–H and O–H groups in total. The monoisotopic (exact) mass is 242 g/mol. The van der Waals surface area contributed by atoms with Crippen molar-refractivity contribution in [3.05, 3.63) is 65.2 Å². The van der Waals surface area contributed by atoms with Gasteiger partial charge in [0.2, 0.25) is 0 Å². The third-order valence-corrected chi connectivity index (χ3v) is 2.95. The molecule has 2 nitrogen and oxygen atoms in total. The Bertz CT molecular complexity index is 489. The van der Waals surface area contributed by atoms with Gasteiger partial charge in [0, 0.05) is 0 Å². The van der Waals surface area contributed by atoms with E-state index in [1.54, 1.807) is 0 Å². The van der Waals surface area contributed by atoms with Crippen LogP contribution in [0.25, 0.3) is 0 Å². The number of ether oxygens (including phenoxy) is 1. The Morgan fingerprint density at radius 3 is 2.28 bits per heavy atom. The standard InChI is InChI=1S/C16H18O2/c1-2-15-5-3-4-6-16(15)18-12-14-9-7-13(11-17)8-10-14/h3-10,17H,2,11-12H2,1H3. The molecule has 0 radical (unpaired) electrons. The van der Waals surface area contributed by atoms with Crippen molar-refractivity contribution < 1.29 is 9.84 Å². The molecule has 0 saturated heterocycles. The molecule has 0 unspecified atom stereocenters. The summed E-state index contributed by atoms with van der Waals surface area (Å²) < 4.78 is 5.83. The van der Waals surface area contributed by atoms with Crippen LogP contribution in [0.15, 0.2) is 48.5 Å². The number of aliphatic hydroxyl groups is 1. The quantitative estimate of drug-likeness (QED) is 0.871. The second-order valence-corrected chi connectivity index (χ2v) is 4.22. The van der Waals surface area contributed by atoms with Crippen molar-refractivity contribution in [1.82, 2.24) is 0 Å². The summed E-state index contributed by atoms with van der Waals surface area (Å²) in [6.07, 6.45) is 0.972. The number of para-hydroxylation sites is 1. The number of aliphatic hydroxyl groups excluding tert-OH is 1. The summed E-state index contributed by atoms with van der Waals surface area (Å²) in [6.45, 7) is 2.76. The van der Waals surface area contributed by atoms with Gasteiger partial charge in [-0.05, 0) is 29.2 Å². The van der Waals surface area contributed by atoms with E-state index < -0.39 is 0 Å². The fourth-order valence-electron chi connectivity index (χ4n) is 1.84. The molecular weight excluding hydrogens is 224 g/mol. The predicted octanol–water partition coefficient (Wildman–Crippen LogP) is 3.32. The highest BCUT2D eigenvalue weighted by molar-refractivity contribution is 5.33. The highest BCUT2D eigenvalue weighted by Gasteiger charge is 2.01. The number of hydrogen-bond acceptors (Lipinski definition) is 2. The van der Waals surface area contributed by atoms with Gasteiger partial charge in [-0.3, -0.25) is 0 Å². The van der Waals surface area contributed by atoms with Gasteiger partial charge in [0.05, 0.1) is 6.61 Å². The van der Waals surface area contributed by atoms with Crippen LogP contribution in [0.1, 0.15) is 23.6 Å². The van der Waals surface area contributed by atoms with Crippen molar-refractivity contribution in [3.8, 4) is 5.75 Å². The molecule has 94 valence electrons. The summed E-state index contributed by atoms with van der Waals surface area (Å²) in [6, 6.07) is 15.9.